The summed E-state index contributed by atoms with van der Waals surface area (Å²) in [5.41, 5.74) is 7.16. The molecular weight excluding hydrogens is 268 g/mol. The molecule has 1 saturated heterocycles. The zero-order chi connectivity index (χ0) is 15.4. The van der Waals surface area contributed by atoms with Gasteiger partial charge in [0.2, 0.25) is 5.75 Å². The van der Waals surface area contributed by atoms with Crippen molar-refractivity contribution < 1.29 is 14.2 Å². The molecule has 0 aliphatic carbocycles. The molecule has 2 atom stereocenters. The first-order chi connectivity index (χ1) is 10.2. The number of nitrogens with zero attached hydrogens (tertiary/aromatic N) is 1. The molecule has 0 bridgehead atoms. The van der Waals surface area contributed by atoms with Gasteiger partial charge < -0.3 is 19.9 Å². The Kier molecular flexibility index (Phi) is 5.31. The monoisotopic (exact) mass is 294 g/mol. The first-order valence-corrected chi connectivity index (χ1v) is 7.42. The number of ether oxygens (including phenoxy) is 3. The Morgan fingerprint density at radius 3 is 2.19 bits per heavy atom. The second-order valence-corrected chi connectivity index (χ2v) is 5.44. The van der Waals surface area contributed by atoms with Crippen LogP contribution >= 0.6 is 0 Å². The van der Waals surface area contributed by atoms with E-state index in [9.17, 15) is 0 Å². The van der Waals surface area contributed by atoms with Gasteiger partial charge in [0.15, 0.2) is 11.5 Å². The van der Waals surface area contributed by atoms with Crippen molar-refractivity contribution in [2.24, 2.45) is 5.73 Å². The van der Waals surface area contributed by atoms with Crippen LogP contribution in [0.2, 0.25) is 0 Å². The SMILES string of the molecule is COc1cc(C(CN)N2CCCC2C)cc(OC)c1OC. The van der Waals surface area contributed by atoms with Crippen LogP contribution < -0.4 is 19.9 Å². The number of hydrogen-bond acceptors (Lipinski definition) is 5. The van der Waals surface area contributed by atoms with Crippen molar-refractivity contribution in [3.63, 3.8) is 0 Å². The lowest BCUT2D eigenvalue weighted by Gasteiger charge is -2.31. The summed E-state index contributed by atoms with van der Waals surface area (Å²) >= 11 is 0. The molecule has 2 N–H and O–H groups in total. The maximum atomic E-state index is 6.05. The third-order valence-corrected chi connectivity index (χ3v) is 4.30. The van der Waals surface area contributed by atoms with Crippen molar-refractivity contribution in [2.75, 3.05) is 34.4 Å². The standard InChI is InChI=1S/C16H26N2O3/c1-11-6-5-7-18(11)13(10-17)12-8-14(19-2)16(21-4)15(9-12)20-3/h8-9,11,13H,5-7,10,17H2,1-4H3. The predicted octanol–water partition coefficient (Wildman–Crippen LogP) is 2.20. The van der Waals surface area contributed by atoms with E-state index in [1.807, 2.05) is 12.1 Å². The third-order valence-electron chi connectivity index (χ3n) is 4.30. The first-order valence-electron chi connectivity index (χ1n) is 7.42. The highest BCUT2D eigenvalue weighted by Crippen LogP contribution is 2.41. The molecule has 0 amide bonds. The van der Waals surface area contributed by atoms with Gasteiger partial charge in [-0.05, 0) is 44.0 Å². The molecule has 1 aliphatic heterocycles. The van der Waals surface area contributed by atoms with Gasteiger partial charge in [-0.3, -0.25) is 4.90 Å². The fraction of sp³-hybridized carbons (Fsp3) is 0.625. The van der Waals surface area contributed by atoms with E-state index in [0.717, 1.165) is 12.1 Å². The van der Waals surface area contributed by atoms with Gasteiger partial charge in [-0.2, -0.15) is 0 Å². The highest BCUT2D eigenvalue weighted by Gasteiger charge is 2.29. The summed E-state index contributed by atoms with van der Waals surface area (Å²) in [5.74, 6) is 1.98. The fourth-order valence-corrected chi connectivity index (χ4v) is 3.18. The maximum absolute atomic E-state index is 6.05. The summed E-state index contributed by atoms with van der Waals surface area (Å²) in [6, 6.07) is 4.74. The van der Waals surface area contributed by atoms with E-state index in [-0.39, 0.29) is 6.04 Å². The number of benzene rings is 1. The Morgan fingerprint density at radius 2 is 1.81 bits per heavy atom. The zero-order valence-corrected chi connectivity index (χ0v) is 13.4. The van der Waals surface area contributed by atoms with Gasteiger partial charge in [0.05, 0.1) is 21.3 Å². The Bertz CT molecular complexity index is 454. The summed E-state index contributed by atoms with van der Waals surface area (Å²) in [5, 5.41) is 0. The van der Waals surface area contributed by atoms with Gasteiger partial charge >= 0.3 is 0 Å². The zero-order valence-electron chi connectivity index (χ0n) is 13.4. The van der Waals surface area contributed by atoms with Crippen molar-refractivity contribution in [2.45, 2.75) is 31.8 Å². The number of nitrogens with two attached hydrogens (primary N) is 1. The molecule has 0 radical (unpaired) electrons. The van der Waals surface area contributed by atoms with Crippen LogP contribution in [0.3, 0.4) is 0 Å². The number of rotatable bonds is 6. The molecule has 0 spiro atoms. The molecule has 5 heteroatoms. The Balaban J connectivity index is 2.41. The van der Waals surface area contributed by atoms with Crippen LogP contribution in [0.1, 0.15) is 31.4 Å². The van der Waals surface area contributed by atoms with Crippen molar-refractivity contribution in [3.05, 3.63) is 17.7 Å². The quantitative estimate of drug-likeness (QED) is 0.871. The van der Waals surface area contributed by atoms with E-state index in [2.05, 4.69) is 11.8 Å². The minimum absolute atomic E-state index is 0.177. The Morgan fingerprint density at radius 1 is 1.19 bits per heavy atom. The van der Waals surface area contributed by atoms with E-state index in [1.165, 1.54) is 12.8 Å². The number of methoxy groups -OCH3 is 3. The summed E-state index contributed by atoms with van der Waals surface area (Å²) in [6.45, 7) is 3.91. The van der Waals surface area contributed by atoms with Crippen LogP contribution in [0.15, 0.2) is 12.1 Å². The van der Waals surface area contributed by atoms with Crippen molar-refractivity contribution >= 4 is 0 Å². The van der Waals surface area contributed by atoms with E-state index >= 15 is 0 Å². The topological polar surface area (TPSA) is 57.0 Å². The van der Waals surface area contributed by atoms with Crippen LogP contribution in [0, 0.1) is 0 Å². The highest BCUT2D eigenvalue weighted by atomic mass is 16.5. The van der Waals surface area contributed by atoms with Gasteiger partial charge in [-0.1, -0.05) is 0 Å². The molecule has 1 aliphatic rings. The van der Waals surface area contributed by atoms with Crippen molar-refractivity contribution in [3.8, 4) is 17.2 Å². The average Bonchev–Trinajstić information content (AvgIpc) is 2.93. The van der Waals surface area contributed by atoms with Gasteiger partial charge in [-0.15, -0.1) is 0 Å². The van der Waals surface area contributed by atoms with E-state index in [1.54, 1.807) is 21.3 Å². The van der Waals surface area contributed by atoms with Gasteiger partial charge in [0.25, 0.3) is 0 Å². The number of likely N-dealkylation sites (tertiary alicyclic amines) is 1. The van der Waals surface area contributed by atoms with Crippen molar-refractivity contribution in [1.29, 1.82) is 0 Å². The second kappa shape index (κ2) is 7.00. The summed E-state index contributed by atoms with van der Waals surface area (Å²) in [7, 11) is 4.89. The lowest BCUT2D eigenvalue weighted by atomic mass is 10.0. The molecular formula is C16H26N2O3. The van der Waals surface area contributed by atoms with Crippen molar-refractivity contribution in [1.82, 2.24) is 4.90 Å². The molecule has 1 heterocycles. The lowest BCUT2D eigenvalue weighted by molar-refractivity contribution is 0.194. The highest BCUT2D eigenvalue weighted by molar-refractivity contribution is 5.54. The molecule has 1 fully saturated rings. The second-order valence-electron chi connectivity index (χ2n) is 5.44. The van der Waals surface area contributed by atoms with Gasteiger partial charge in [-0.25, -0.2) is 0 Å². The van der Waals surface area contributed by atoms with Crippen LogP contribution in [0.4, 0.5) is 0 Å². The summed E-state index contributed by atoms with van der Waals surface area (Å²) < 4.78 is 16.3. The van der Waals surface area contributed by atoms with E-state index < -0.39 is 0 Å². The van der Waals surface area contributed by atoms with Crippen LogP contribution in [0.5, 0.6) is 17.2 Å². The fourth-order valence-electron chi connectivity index (χ4n) is 3.18. The Hall–Kier alpha value is -1.46. The molecule has 5 nitrogen and oxygen atoms in total. The molecule has 118 valence electrons. The lowest BCUT2D eigenvalue weighted by Crippen LogP contribution is -2.36. The van der Waals surface area contributed by atoms with Gasteiger partial charge in [0, 0.05) is 18.6 Å². The minimum atomic E-state index is 0.177. The molecule has 21 heavy (non-hydrogen) atoms. The van der Waals surface area contributed by atoms with Crippen LogP contribution in [-0.2, 0) is 0 Å². The van der Waals surface area contributed by atoms with E-state index in [4.69, 9.17) is 19.9 Å². The minimum Gasteiger partial charge on any atom is -0.493 e. The molecule has 1 aromatic carbocycles. The predicted molar refractivity (Wildman–Crippen MR) is 83.3 cm³/mol. The molecule has 0 aromatic heterocycles. The molecule has 2 unspecified atom stereocenters. The maximum Gasteiger partial charge on any atom is 0.203 e. The molecule has 1 aromatic rings. The number of hydrogen-bond donors (Lipinski definition) is 1. The summed E-state index contributed by atoms with van der Waals surface area (Å²) in [4.78, 5) is 2.46. The average molecular weight is 294 g/mol. The van der Waals surface area contributed by atoms with Crippen LogP contribution in [-0.4, -0.2) is 45.4 Å². The largest absolute Gasteiger partial charge is 0.493 e. The Labute approximate surface area is 127 Å². The normalized spacial score (nSPS) is 20.3. The first kappa shape index (κ1) is 15.9. The molecule has 2 rings (SSSR count). The third kappa shape index (κ3) is 3.09. The molecule has 0 saturated carbocycles. The summed E-state index contributed by atoms with van der Waals surface area (Å²) in [6.07, 6.45) is 2.45. The smallest absolute Gasteiger partial charge is 0.203 e. The van der Waals surface area contributed by atoms with Gasteiger partial charge in [0.1, 0.15) is 0 Å². The van der Waals surface area contributed by atoms with E-state index in [0.29, 0.717) is 29.8 Å². The van der Waals surface area contributed by atoms with Crippen LogP contribution in [0.25, 0.3) is 0 Å².